The van der Waals surface area contributed by atoms with Gasteiger partial charge >= 0.3 is 0 Å². The second-order valence-corrected chi connectivity index (χ2v) is 6.04. The van der Waals surface area contributed by atoms with E-state index in [1.54, 1.807) is 0 Å². The Hall–Kier alpha value is -0.680. The molecule has 1 amide bonds. The molecule has 126 valence electrons. The summed E-state index contributed by atoms with van der Waals surface area (Å²) in [5, 5.41) is 3.59. The van der Waals surface area contributed by atoms with Crippen molar-refractivity contribution in [2.75, 3.05) is 24.3 Å². The largest absolute Gasteiger partial charge is 0.375 e. The molecule has 1 aromatic carbocycles. The number of halogens is 3. The smallest absolute Gasteiger partial charge is 0.224 e. The fraction of sp³-hybridized carbons (Fsp3) is 0.533. The van der Waals surface area contributed by atoms with Gasteiger partial charge in [-0.1, -0.05) is 24.1 Å². The molecule has 0 aliphatic heterocycles. The third-order valence-corrected chi connectivity index (χ3v) is 4.18. The van der Waals surface area contributed by atoms with Crippen LogP contribution in [0.5, 0.6) is 0 Å². The van der Waals surface area contributed by atoms with Crippen LogP contribution < -0.4 is 16.0 Å². The fourth-order valence-corrected chi connectivity index (χ4v) is 3.17. The van der Waals surface area contributed by atoms with E-state index in [1.165, 1.54) is 0 Å². The Kier molecular flexibility index (Phi) is 9.16. The van der Waals surface area contributed by atoms with Crippen molar-refractivity contribution in [3.8, 4) is 0 Å². The molecule has 2 atom stereocenters. The number of amides is 1. The van der Waals surface area contributed by atoms with Gasteiger partial charge in [0.1, 0.15) is 0 Å². The zero-order valence-electron chi connectivity index (χ0n) is 12.8. The lowest BCUT2D eigenvalue weighted by molar-refractivity contribution is -0.117. The second-order valence-electron chi connectivity index (χ2n) is 5.64. The first-order valence-corrected chi connectivity index (χ1v) is 7.38. The van der Waals surface area contributed by atoms with Crippen LogP contribution in [0.25, 0.3) is 0 Å². The van der Waals surface area contributed by atoms with Gasteiger partial charge in [0, 0.05) is 26.6 Å². The van der Waals surface area contributed by atoms with Crippen LogP contribution in [-0.4, -0.2) is 26.0 Å². The number of rotatable bonds is 4. The molecule has 1 aliphatic rings. The first-order chi connectivity index (χ1) is 9.49. The van der Waals surface area contributed by atoms with Crippen LogP contribution in [0, 0.1) is 5.92 Å². The van der Waals surface area contributed by atoms with E-state index in [2.05, 4.69) is 5.32 Å². The number of carbonyl (C=O) groups is 1. The van der Waals surface area contributed by atoms with E-state index in [0.717, 1.165) is 30.6 Å². The summed E-state index contributed by atoms with van der Waals surface area (Å²) in [5.41, 5.74) is 7.59. The molecule has 1 aliphatic carbocycles. The SMILES string of the molecule is CN(C)c1c(Cl)cccc1NC(=O)C[C@@H]1CCC[C@H]1N.Cl.Cl. The zero-order valence-corrected chi connectivity index (χ0v) is 15.2. The van der Waals surface area contributed by atoms with Crippen molar-refractivity contribution in [3.05, 3.63) is 23.2 Å². The molecule has 7 heteroatoms. The third kappa shape index (κ3) is 5.20. The molecule has 1 aromatic rings. The fourth-order valence-electron chi connectivity index (χ4n) is 2.83. The van der Waals surface area contributed by atoms with Gasteiger partial charge in [-0.15, -0.1) is 24.8 Å². The summed E-state index contributed by atoms with van der Waals surface area (Å²) in [7, 11) is 3.81. The van der Waals surface area contributed by atoms with E-state index in [-0.39, 0.29) is 36.8 Å². The van der Waals surface area contributed by atoms with Gasteiger partial charge in [-0.25, -0.2) is 0 Å². The van der Waals surface area contributed by atoms with Gasteiger partial charge in [0.25, 0.3) is 0 Å². The lowest BCUT2D eigenvalue weighted by Gasteiger charge is -2.20. The maximum Gasteiger partial charge on any atom is 0.224 e. The van der Waals surface area contributed by atoms with Crippen molar-refractivity contribution in [2.45, 2.75) is 31.7 Å². The van der Waals surface area contributed by atoms with Crippen molar-refractivity contribution < 1.29 is 4.79 Å². The van der Waals surface area contributed by atoms with Gasteiger partial charge in [0.05, 0.1) is 16.4 Å². The topological polar surface area (TPSA) is 58.4 Å². The molecule has 0 heterocycles. The molecule has 0 bridgehead atoms. The zero-order chi connectivity index (χ0) is 14.7. The number of nitrogens with zero attached hydrogens (tertiary/aromatic N) is 1. The summed E-state index contributed by atoms with van der Waals surface area (Å²) >= 11 is 6.19. The van der Waals surface area contributed by atoms with E-state index in [0.29, 0.717) is 17.4 Å². The van der Waals surface area contributed by atoms with Gasteiger partial charge in [-0.05, 0) is 30.9 Å². The molecule has 0 unspecified atom stereocenters. The van der Waals surface area contributed by atoms with E-state index in [1.807, 2.05) is 37.2 Å². The van der Waals surface area contributed by atoms with Crippen LogP contribution in [0.3, 0.4) is 0 Å². The highest BCUT2D eigenvalue weighted by Gasteiger charge is 2.26. The van der Waals surface area contributed by atoms with Gasteiger partial charge in [0.15, 0.2) is 0 Å². The third-order valence-electron chi connectivity index (χ3n) is 3.87. The number of para-hydroxylation sites is 1. The Balaban J connectivity index is 0.00000220. The molecule has 4 nitrogen and oxygen atoms in total. The summed E-state index contributed by atoms with van der Waals surface area (Å²) < 4.78 is 0. The quantitative estimate of drug-likeness (QED) is 0.852. The minimum atomic E-state index is 0. The molecule has 0 spiro atoms. The highest BCUT2D eigenvalue weighted by atomic mass is 35.5. The first kappa shape index (κ1) is 21.3. The highest BCUT2D eigenvalue weighted by molar-refractivity contribution is 6.34. The summed E-state index contributed by atoms with van der Waals surface area (Å²) in [6, 6.07) is 5.69. The van der Waals surface area contributed by atoms with Crippen LogP contribution in [0.15, 0.2) is 18.2 Å². The lowest BCUT2D eigenvalue weighted by atomic mass is 10.00. The van der Waals surface area contributed by atoms with Crippen molar-refractivity contribution in [3.63, 3.8) is 0 Å². The van der Waals surface area contributed by atoms with Gasteiger partial charge in [-0.3, -0.25) is 4.79 Å². The Morgan fingerprint density at radius 3 is 2.59 bits per heavy atom. The average Bonchev–Trinajstić information content (AvgIpc) is 2.74. The summed E-state index contributed by atoms with van der Waals surface area (Å²) in [6.45, 7) is 0. The van der Waals surface area contributed by atoms with Crippen molar-refractivity contribution in [1.82, 2.24) is 0 Å². The van der Waals surface area contributed by atoms with Crippen LogP contribution in [-0.2, 0) is 4.79 Å². The number of hydrogen-bond acceptors (Lipinski definition) is 3. The highest BCUT2D eigenvalue weighted by Crippen LogP contribution is 2.33. The standard InChI is InChI=1S/C15H22ClN3O.2ClH/c1-19(2)15-11(16)6-4-8-13(15)18-14(20)9-10-5-3-7-12(10)17;;/h4,6,8,10,12H,3,5,7,9,17H2,1-2H3,(H,18,20);2*1H/t10-,12+;;/m0../s1. The van der Waals surface area contributed by atoms with Crippen LogP contribution >= 0.6 is 36.4 Å². The predicted octanol–water partition coefficient (Wildman–Crippen LogP) is 3.71. The maximum atomic E-state index is 12.2. The first-order valence-electron chi connectivity index (χ1n) is 7.00. The summed E-state index contributed by atoms with van der Waals surface area (Å²) in [6.07, 6.45) is 3.68. The minimum absolute atomic E-state index is 0. The number of carbonyl (C=O) groups excluding carboxylic acids is 1. The maximum absolute atomic E-state index is 12.2. The average molecular weight is 369 g/mol. The molecule has 0 aromatic heterocycles. The molecular weight excluding hydrogens is 345 g/mol. The summed E-state index contributed by atoms with van der Waals surface area (Å²) in [5.74, 6) is 0.315. The van der Waals surface area contributed by atoms with Gasteiger partial charge < -0.3 is 16.0 Å². The molecule has 1 fully saturated rings. The van der Waals surface area contributed by atoms with Crippen LogP contribution in [0.2, 0.25) is 5.02 Å². The number of nitrogens with two attached hydrogens (primary N) is 1. The molecule has 22 heavy (non-hydrogen) atoms. The van der Waals surface area contributed by atoms with Gasteiger partial charge in [0.2, 0.25) is 5.91 Å². The lowest BCUT2D eigenvalue weighted by Crippen LogP contribution is -2.28. The molecule has 1 saturated carbocycles. The molecule has 2 rings (SSSR count). The predicted molar refractivity (Wildman–Crippen MR) is 98.8 cm³/mol. The second kappa shape index (κ2) is 9.46. The van der Waals surface area contributed by atoms with E-state index in [9.17, 15) is 4.79 Å². The molecule has 0 radical (unpaired) electrons. The van der Waals surface area contributed by atoms with Crippen molar-refractivity contribution >= 4 is 53.7 Å². The van der Waals surface area contributed by atoms with E-state index < -0.39 is 0 Å². The van der Waals surface area contributed by atoms with Crippen LogP contribution in [0.1, 0.15) is 25.7 Å². The van der Waals surface area contributed by atoms with Crippen LogP contribution in [0.4, 0.5) is 11.4 Å². The Bertz CT molecular complexity index is 497. The molecule has 3 N–H and O–H groups in total. The van der Waals surface area contributed by atoms with E-state index in [4.69, 9.17) is 17.3 Å². The van der Waals surface area contributed by atoms with E-state index >= 15 is 0 Å². The monoisotopic (exact) mass is 367 g/mol. The number of anilines is 2. The molecule has 0 saturated heterocycles. The van der Waals surface area contributed by atoms with Gasteiger partial charge in [-0.2, -0.15) is 0 Å². The minimum Gasteiger partial charge on any atom is -0.375 e. The van der Waals surface area contributed by atoms with Crippen molar-refractivity contribution in [1.29, 1.82) is 0 Å². The Labute approximate surface area is 149 Å². The Morgan fingerprint density at radius 2 is 2.05 bits per heavy atom. The molecular formula is C15H24Cl3N3O. The normalized spacial score (nSPS) is 19.8. The number of benzene rings is 1. The van der Waals surface area contributed by atoms with Crippen molar-refractivity contribution in [2.24, 2.45) is 11.7 Å². The number of hydrogen-bond donors (Lipinski definition) is 2. The number of nitrogens with one attached hydrogen (secondary N) is 1. The summed E-state index contributed by atoms with van der Waals surface area (Å²) in [4.78, 5) is 14.1. The Morgan fingerprint density at radius 1 is 1.36 bits per heavy atom.